The smallest absolute Gasteiger partial charge is 0.307 e. The third-order valence-electron chi connectivity index (χ3n) is 4.92. The lowest BCUT2D eigenvalue weighted by Crippen LogP contribution is -2.49. The second-order valence-electron chi connectivity index (χ2n) is 6.37. The molecule has 2 N–H and O–H groups in total. The van der Waals surface area contributed by atoms with Crippen molar-refractivity contribution >= 4 is 17.8 Å². The summed E-state index contributed by atoms with van der Waals surface area (Å²) in [7, 11) is 0. The number of unbranched alkanes of at least 4 members (excludes halogenated alkanes) is 1. The lowest BCUT2D eigenvalue weighted by atomic mass is 9.72. The number of piperidine rings is 1. The number of likely N-dealkylation sites (tertiary alicyclic amines) is 1. The minimum absolute atomic E-state index is 0.0161. The van der Waals surface area contributed by atoms with Gasteiger partial charge in [0.05, 0.1) is 11.8 Å². The van der Waals surface area contributed by atoms with Crippen LogP contribution in [0.15, 0.2) is 0 Å². The van der Waals surface area contributed by atoms with Gasteiger partial charge in [0.25, 0.3) is 0 Å². The molecule has 6 nitrogen and oxygen atoms in total. The molecule has 124 valence electrons. The van der Waals surface area contributed by atoms with Crippen molar-refractivity contribution in [2.45, 2.75) is 45.4 Å². The van der Waals surface area contributed by atoms with Crippen molar-refractivity contribution in [2.24, 2.45) is 17.8 Å². The molecule has 0 aromatic heterocycles. The van der Waals surface area contributed by atoms with Crippen LogP contribution in [-0.4, -0.2) is 47.4 Å². The molecule has 0 radical (unpaired) electrons. The minimum atomic E-state index is -0.866. The summed E-state index contributed by atoms with van der Waals surface area (Å²) in [6.07, 6.45) is 4.66. The molecule has 2 atom stereocenters. The van der Waals surface area contributed by atoms with Crippen LogP contribution in [0.3, 0.4) is 0 Å². The number of hydrogen-bond donors (Lipinski definition) is 2. The van der Waals surface area contributed by atoms with Crippen molar-refractivity contribution < 1.29 is 19.5 Å². The fourth-order valence-electron chi connectivity index (χ4n) is 3.22. The van der Waals surface area contributed by atoms with Gasteiger partial charge in [-0.05, 0) is 32.1 Å². The maximum atomic E-state index is 12.3. The van der Waals surface area contributed by atoms with E-state index in [2.05, 4.69) is 12.2 Å². The standard InChI is InChI=1S/C16H26N2O4/c1-2-3-8-17-14(19)11-6-9-18(10-7-11)15(20)12-4-5-13(12)16(21)22/h11-13H,2-10H2,1H3,(H,17,19)(H,21,22). The molecule has 2 unspecified atom stereocenters. The van der Waals surface area contributed by atoms with Crippen LogP contribution in [0, 0.1) is 17.8 Å². The van der Waals surface area contributed by atoms with Crippen molar-refractivity contribution in [3.05, 3.63) is 0 Å². The molecule has 0 bridgehead atoms. The molecule has 22 heavy (non-hydrogen) atoms. The first-order valence-corrected chi connectivity index (χ1v) is 8.34. The van der Waals surface area contributed by atoms with Gasteiger partial charge in [0.15, 0.2) is 0 Å². The van der Waals surface area contributed by atoms with E-state index in [0.717, 1.165) is 19.4 Å². The van der Waals surface area contributed by atoms with E-state index in [1.807, 2.05) is 0 Å². The first-order valence-electron chi connectivity index (χ1n) is 8.34. The molecule has 2 amide bonds. The Morgan fingerprint density at radius 3 is 2.23 bits per heavy atom. The van der Waals surface area contributed by atoms with Gasteiger partial charge in [0.2, 0.25) is 11.8 Å². The molecule has 6 heteroatoms. The zero-order chi connectivity index (χ0) is 16.1. The van der Waals surface area contributed by atoms with E-state index in [-0.39, 0.29) is 23.7 Å². The lowest BCUT2D eigenvalue weighted by molar-refractivity contribution is -0.157. The molecule has 0 aromatic rings. The van der Waals surface area contributed by atoms with Gasteiger partial charge in [-0.2, -0.15) is 0 Å². The Morgan fingerprint density at radius 1 is 1.09 bits per heavy atom. The molecule has 0 spiro atoms. The lowest BCUT2D eigenvalue weighted by Gasteiger charge is -2.39. The molecule has 0 aromatic carbocycles. The molecular formula is C16H26N2O4. The predicted octanol–water partition coefficient (Wildman–Crippen LogP) is 1.25. The zero-order valence-corrected chi connectivity index (χ0v) is 13.2. The van der Waals surface area contributed by atoms with Crippen LogP contribution in [0.5, 0.6) is 0 Å². The van der Waals surface area contributed by atoms with Crippen LogP contribution in [-0.2, 0) is 14.4 Å². The van der Waals surface area contributed by atoms with Crippen molar-refractivity contribution in [3.63, 3.8) is 0 Å². The molecule has 1 aliphatic heterocycles. The molecule has 2 aliphatic rings. The Labute approximate surface area is 131 Å². The molecule has 1 saturated carbocycles. The largest absolute Gasteiger partial charge is 0.481 e. The normalized spacial score (nSPS) is 25.4. The van der Waals surface area contributed by atoms with E-state index in [1.54, 1.807) is 4.90 Å². The van der Waals surface area contributed by atoms with Crippen LogP contribution >= 0.6 is 0 Å². The van der Waals surface area contributed by atoms with Gasteiger partial charge in [-0.25, -0.2) is 0 Å². The minimum Gasteiger partial charge on any atom is -0.481 e. The molecule has 1 heterocycles. The summed E-state index contributed by atoms with van der Waals surface area (Å²) in [6, 6.07) is 0. The topological polar surface area (TPSA) is 86.7 Å². The van der Waals surface area contributed by atoms with E-state index in [4.69, 9.17) is 5.11 Å². The third kappa shape index (κ3) is 3.78. The van der Waals surface area contributed by atoms with E-state index in [0.29, 0.717) is 38.8 Å². The monoisotopic (exact) mass is 310 g/mol. The fourth-order valence-corrected chi connectivity index (χ4v) is 3.22. The average Bonchev–Trinajstić information content (AvgIpc) is 2.45. The second-order valence-corrected chi connectivity index (χ2v) is 6.37. The number of carboxylic acids is 1. The molecule has 1 aliphatic carbocycles. The highest BCUT2D eigenvalue weighted by Crippen LogP contribution is 2.36. The summed E-state index contributed by atoms with van der Waals surface area (Å²) < 4.78 is 0. The van der Waals surface area contributed by atoms with Gasteiger partial charge < -0.3 is 15.3 Å². The average molecular weight is 310 g/mol. The van der Waals surface area contributed by atoms with Crippen LogP contribution in [0.4, 0.5) is 0 Å². The SMILES string of the molecule is CCCCNC(=O)C1CCN(C(=O)C2CCC2C(=O)O)CC1. The summed E-state index contributed by atoms with van der Waals surface area (Å²) in [5.74, 6) is -1.70. The number of carbonyl (C=O) groups is 3. The van der Waals surface area contributed by atoms with Crippen molar-refractivity contribution in [1.82, 2.24) is 10.2 Å². The number of hydrogen-bond acceptors (Lipinski definition) is 3. The van der Waals surface area contributed by atoms with Gasteiger partial charge in [-0.3, -0.25) is 14.4 Å². The predicted molar refractivity (Wildman–Crippen MR) is 81.1 cm³/mol. The van der Waals surface area contributed by atoms with Crippen molar-refractivity contribution in [3.8, 4) is 0 Å². The highest BCUT2D eigenvalue weighted by atomic mass is 16.4. The van der Waals surface area contributed by atoms with E-state index in [1.165, 1.54) is 0 Å². The first kappa shape index (κ1) is 16.8. The summed E-state index contributed by atoms with van der Waals surface area (Å²) in [4.78, 5) is 37.1. The number of rotatable bonds is 6. The Hall–Kier alpha value is -1.59. The van der Waals surface area contributed by atoms with Gasteiger partial charge in [0, 0.05) is 25.6 Å². The van der Waals surface area contributed by atoms with Gasteiger partial charge >= 0.3 is 5.97 Å². The number of aliphatic carboxylic acids is 1. The number of amides is 2. The van der Waals surface area contributed by atoms with Crippen LogP contribution in [0.1, 0.15) is 45.4 Å². The quantitative estimate of drug-likeness (QED) is 0.723. The number of nitrogens with one attached hydrogen (secondary N) is 1. The number of nitrogens with zero attached hydrogens (tertiary/aromatic N) is 1. The zero-order valence-electron chi connectivity index (χ0n) is 13.2. The van der Waals surface area contributed by atoms with E-state index < -0.39 is 11.9 Å². The Bertz CT molecular complexity index is 430. The summed E-state index contributed by atoms with van der Waals surface area (Å²) in [6.45, 7) is 3.93. The van der Waals surface area contributed by atoms with Gasteiger partial charge in [-0.15, -0.1) is 0 Å². The van der Waals surface area contributed by atoms with Crippen molar-refractivity contribution in [2.75, 3.05) is 19.6 Å². The highest BCUT2D eigenvalue weighted by Gasteiger charge is 2.43. The van der Waals surface area contributed by atoms with Crippen LogP contribution < -0.4 is 5.32 Å². The van der Waals surface area contributed by atoms with E-state index >= 15 is 0 Å². The maximum Gasteiger partial charge on any atom is 0.307 e. The molecule has 2 fully saturated rings. The Kier molecular flexibility index (Phi) is 5.80. The number of carbonyl (C=O) groups excluding carboxylic acids is 2. The van der Waals surface area contributed by atoms with E-state index in [9.17, 15) is 14.4 Å². The third-order valence-corrected chi connectivity index (χ3v) is 4.92. The number of carboxylic acid groups (broad SMARTS) is 1. The second kappa shape index (κ2) is 7.61. The molecule has 1 saturated heterocycles. The highest BCUT2D eigenvalue weighted by molar-refractivity contribution is 5.86. The summed E-state index contributed by atoms with van der Waals surface area (Å²) >= 11 is 0. The Morgan fingerprint density at radius 2 is 1.73 bits per heavy atom. The summed E-state index contributed by atoms with van der Waals surface area (Å²) in [5.41, 5.74) is 0. The van der Waals surface area contributed by atoms with Crippen LogP contribution in [0.25, 0.3) is 0 Å². The Balaban J connectivity index is 1.76. The van der Waals surface area contributed by atoms with Gasteiger partial charge in [-0.1, -0.05) is 13.3 Å². The molecular weight excluding hydrogens is 284 g/mol. The molecule has 2 rings (SSSR count). The van der Waals surface area contributed by atoms with Gasteiger partial charge in [0.1, 0.15) is 0 Å². The summed E-state index contributed by atoms with van der Waals surface area (Å²) in [5, 5.41) is 12.0. The maximum absolute atomic E-state index is 12.3. The van der Waals surface area contributed by atoms with Crippen molar-refractivity contribution in [1.29, 1.82) is 0 Å². The first-order chi connectivity index (χ1) is 10.5. The van der Waals surface area contributed by atoms with Crippen LogP contribution in [0.2, 0.25) is 0 Å². The fraction of sp³-hybridized carbons (Fsp3) is 0.812.